The highest BCUT2D eigenvalue weighted by atomic mass is 16.8. The van der Waals surface area contributed by atoms with Crippen LogP contribution in [0.15, 0.2) is 11.6 Å². The minimum absolute atomic E-state index is 0.149. The predicted octanol–water partition coefficient (Wildman–Crippen LogP) is 4.15. The normalized spacial score (nSPS) is 59.2. The molecule has 0 bridgehead atoms. The van der Waals surface area contributed by atoms with E-state index < -0.39 is 11.6 Å². The van der Waals surface area contributed by atoms with Crippen LogP contribution < -0.4 is 0 Å². The minimum Gasteiger partial charge on any atom is -0.393 e. The zero-order valence-corrected chi connectivity index (χ0v) is 20.1. The van der Waals surface area contributed by atoms with Gasteiger partial charge in [0.15, 0.2) is 11.6 Å². The van der Waals surface area contributed by atoms with Crippen LogP contribution in [-0.4, -0.2) is 45.7 Å². The summed E-state index contributed by atoms with van der Waals surface area (Å²) >= 11 is 0. The Bertz CT molecular complexity index is 812. The van der Waals surface area contributed by atoms with Gasteiger partial charge < -0.3 is 24.8 Å². The van der Waals surface area contributed by atoms with Gasteiger partial charge in [-0.1, -0.05) is 32.4 Å². The third kappa shape index (κ3) is 2.81. The molecule has 5 fully saturated rings. The van der Waals surface area contributed by atoms with Crippen molar-refractivity contribution in [1.29, 1.82) is 0 Å². The molecule has 11 atom stereocenters. The average molecular weight is 447 g/mol. The fourth-order valence-electron chi connectivity index (χ4n) is 9.87. The Morgan fingerprint density at radius 3 is 2.69 bits per heavy atom. The van der Waals surface area contributed by atoms with Crippen molar-refractivity contribution < 1.29 is 24.8 Å². The lowest BCUT2D eigenvalue weighted by Crippen LogP contribution is -2.55. The van der Waals surface area contributed by atoms with Crippen molar-refractivity contribution in [2.45, 2.75) is 109 Å². The second-order valence-corrected chi connectivity index (χ2v) is 12.8. The third-order valence-electron chi connectivity index (χ3n) is 11.4. The molecule has 2 aliphatic heterocycles. The van der Waals surface area contributed by atoms with Gasteiger partial charge in [-0.15, -0.1) is 0 Å². The number of ether oxygens (including phenoxy) is 2. The van der Waals surface area contributed by atoms with Crippen molar-refractivity contribution in [3.63, 3.8) is 0 Å². The summed E-state index contributed by atoms with van der Waals surface area (Å²) in [6, 6.07) is 0. The monoisotopic (exact) mass is 446 g/mol. The van der Waals surface area contributed by atoms with Crippen LogP contribution >= 0.6 is 0 Å². The lowest BCUT2D eigenvalue weighted by atomic mass is 9.47. The maximum atomic E-state index is 10.7. The Labute approximate surface area is 192 Å². The molecular formula is C27H42O5. The Morgan fingerprint density at radius 1 is 1.09 bits per heavy atom. The highest BCUT2D eigenvalue weighted by molar-refractivity contribution is 5.26. The Balaban J connectivity index is 1.28. The number of aliphatic hydroxyl groups is 3. The molecule has 1 spiro atoms. The van der Waals surface area contributed by atoms with Crippen LogP contribution in [0.5, 0.6) is 0 Å². The van der Waals surface area contributed by atoms with Gasteiger partial charge in [-0.2, -0.15) is 0 Å². The molecule has 32 heavy (non-hydrogen) atoms. The molecule has 0 aromatic carbocycles. The largest absolute Gasteiger partial charge is 0.393 e. The molecule has 3 N–H and O–H groups in total. The number of rotatable bonds is 1. The van der Waals surface area contributed by atoms with Gasteiger partial charge >= 0.3 is 0 Å². The number of hydrogen-bond donors (Lipinski definition) is 3. The SMILES string of the molecule is CC1C2C(CC3C4CC=C5CC(O)CCC5(C)C4CCC32C)OC12CCCC(O)(CO)O2. The summed E-state index contributed by atoms with van der Waals surface area (Å²) in [5.41, 5.74) is 2.03. The van der Waals surface area contributed by atoms with Gasteiger partial charge in [-0.05, 0) is 85.9 Å². The van der Waals surface area contributed by atoms with Crippen LogP contribution in [0.2, 0.25) is 0 Å². The van der Waals surface area contributed by atoms with E-state index >= 15 is 0 Å². The maximum Gasteiger partial charge on any atom is 0.192 e. The third-order valence-corrected chi connectivity index (χ3v) is 11.4. The first kappa shape index (κ1) is 22.0. The lowest BCUT2D eigenvalue weighted by molar-refractivity contribution is -0.381. The molecular weight excluding hydrogens is 404 g/mol. The van der Waals surface area contributed by atoms with Crippen LogP contribution in [0.1, 0.15) is 85.0 Å². The first-order valence-corrected chi connectivity index (χ1v) is 13.2. The van der Waals surface area contributed by atoms with Crippen molar-refractivity contribution in [3.05, 3.63) is 11.6 Å². The molecule has 4 aliphatic carbocycles. The molecule has 0 aromatic rings. The van der Waals surface area contributed by atoms with Crippen LogP contribution in [0.3, 0.4) is 0 Å². The topological polar surface area (TPSA) is 79.2 Å². The zero-order valence-electron chi connectivity index (χ0n) is 20.1. The highest BCUT2D eigenvalue weighted by Gasteiger charge is 2.69. The lowest BCUT2D eigenvalue weighted by Gasteiger charge is -2.58. The van der Waals surface area contributed by atoms with Crippen LogP contribution in [0, 0.1) is 40.4 Å². The highest BCUT2D eigenvalue weighted by Crippen LogP contribution is 2.70. The van der Waals surface area contributed by atoms with Gasteiger partial charge in [0.2, 0.25) is 0 Å². The summed E-state index contributed by atoms with van der Waals surface area (Å²) in [5, 5.41) is 30.7. The molecule has 180 valence electrons. The molecule has 2 heterocycles. The van der Waals surface area contributed by atoms with Gasteiger partial charge in [0.1, 0.15) is 0 Å². The summed E-state index contributed by atoms with van der Waals surface area (Å²) in [7, 11) is 0. The van der Waals surface area contributed by atoms with E-state index in [2.05, 4.69) is 26.8 Å². The number of fused-ring (bicyclic) bond motifs is 7. The van der Waals surface area contributed by atoms with Gasteiger partial charge in [0.05, 0.1) is 18.8 Å². The summed E-state index contributed by atoms with van der Waals surface area (Å²) in [6.07, 6.45) is 12.3. The molecule has 2 saturated heterocycles. The second kappa shape index (κ2) is 7.04. The van der Waals surface area contributed by atoms with E-state index in [1.165, 1.54) is 18.4 Å². The molecule has 0 aromatic heterocycles. The molecule has 5 heteroatoms. The minimum atomic E-state index is -1.46. The molecule has 0 amide bonds. The fraction of sp³-hybridized carbons (Fsp3) is 0.926. The number of hydrogen-bond acceptors (Lipinski definition) is 5. The van der Waals surface area contributed by atoms with Gasteiger partial charge in [-0.25, -0.2) is 0 Å². The first-order valence-electron chi connectivity index (χ1n) is 13.2. The van der Waals surface area contributed by atoms with Crippen molar-refractivity contribution in [2.75, 3.05) is 6.61 Å². The summed E-state index contributed by atoms with van der Waals surface area (Å²) in [6.45, 7) is 6.91. The Hall–Kier alpha value is -0.460. The smallest absolute Gasteiger partial charge is 0.192 e. The molecule has 0 radical (unpaired) electrons. The molecule has 11 unspecified atom stereocenters. The van der Waals surface area contributed by atoms with E-state index in [1.54, 1.807) is 0 Å². The van der Waals surface area contributed by atoms with Crippen LogP contribution in [0.4, 0.5) is 0 Å². The standard InChI is InChI=1S/C27H42O5/c1-16-23-22(31-27(16)10-4-9-26(30,15-28)32-27)14-21-19-6-5-17-13-18(29)7-11-24(17,2)20(19)8-12-25(21,23)3/h5,16,18-23,28-30H,4,6-15H2,1-3H3. The predicted molar refractivity (Wildman–Crippen MR) is 120 cm³/mol. The van der Waals surface area contributed by atoms with E-state index in [0.29, 0.717) is 24.2 Å². The molecule has 6 rings (SSSR count). The fourth-order valence-corrected chi connectivity index (χ4v) is 9.87. The van der Waals surface area contributed by atoms with Crippen molar-refractivity contribution in [1.82, 2.24) is 0 Å². The molecule has 6 aliphatic rings. The second-order valence-electron chi connectivity index (χ2n) is 12.8. The van der Waals surface area contributed by atoms with Crippen molar-refractivity contribution >= 4 is 0 Å². The summed E-state index contributed by atoms with van der Waals surface area (Å²) in [5.74, 6) is 0.541. The first-order chi connectivity index (χ1) is 15.1. The van der Waals surface area contributed by atoms with E-state index in [4.69, 9.17) is 9.47 Å². The van der Waals surface area contributed by atoms with E-state index in [1.807, 2.05) is 0 Å². The van der Waals surface area contributed by atoms with Gasteiger partial charge in [-0.3, -0.25) is 0 Å². The maximum absolute atomic E-state index is 10.7. The molecule has 5 nitrogen and oxygen atoms in total. The molecule has 3 saturated carbocycles. The Kier molecular flexibility index (Phi) is 4.84. The van der Waals surface area contributed by atoms with E-state index in [-0.39, 0.29) is 35.6 Å². The van der Waals surface area contributed by atoms with E-state index in [0.717, 1.165) is 50.9 Å². The van der Waals surface area contributed by atoms with Crippen LogP contribution in [0.25, 0.3) is 0 Å². The van der Waals surface area contributed by atoms with Gasteiger partial charge in [0, 0.05) is 18.8 Å². The average Bonchev–Trinajstić information content (AvgIpc) is 3.19. The van der Waals surface area contributed by atoms with Gasteiger partial charge in [0.25, 0.3) is 0 Å². The van der Waals surface area contributed by atoms with Crippen LogP contribution in [-0.2, 0) is 9.47 Å². The van der Waals surface area contributed by atoms with E-state index in [9.17, 15) is 15.3 Å². The van der Waals surface area contributed by atoms with Crippen molar-refractivity contribution in [2.24, 2.45) is 40.4 Å². The summed E-state index contributed by atoms with van der Waals surface area (Å²) in [4.78, 5) is 0. The Morgan fingerprint density at radius 2 is 1.91 bits per heavy atom. The number of allylic oxidation sites excluding steroid dienone is 1. The summed E-state index contributed by atoms with van der Waals surface area (Å²) < 4.78 is 13.0. The number of aliphatic hydroxyl groups excluding tert-OH is 2. The van der Waals surface area contributed by atoms with Crippen molar-refractivity contribution in [3.8, 4) is 0 Å². The zero-order chi connectivity index (χ0) is 22.5. The quantitative estimate of drug-likeness (QED) is 0.528.